The van der Waals surface area contributed by atoms with Gasteiger partial charge in [-0.2, -0.15) is 0 Å². The number of unbranched alkanes of at least 4 members (excludes halogenated alkanes) is 1. The zero-order valence-electron chi connectivity index (χ0n) is 10.7. The van der Waals surface area contributed by atoms with Crippen LogP contribution in [0.2, 0.25) is 0 Å². The number of rotatable bonds is 2. The van der Waals surface area contributed by atoms with Crippen LogP contribution >= 0.6 is 71.9 Å². The third-order valence-electron chi connectivity index (χ3n) is 0.558. The van der Waals surface area contributed by atoms with E-state index >= 15 is 0 Å². The Bertz CT molecular complexity index is 81.0. The van der Waals surface area contributed by atoms with Crippen LogP contribution in [0.4, 0.5) is 0 Å². The molecule has 9 N–H and O–H groups in total. The second kappa shape index (κ2) is 91.1. The maximum absolute atomic E-state index is 6.06. The van der Waals surface area contributed by atoms with E-state index in [1.807, 2.05) is 0 Å². The van der Waals surface area contributed by atoms with Gasteiger partial charge in [0.15, 0.2) is 5.96 Å². The van der Waals surface area contributed by atoms with Crippen molar-refractivity contribution in [3.05, 3.63) is 0 Å². The first-order valence-corrected chi connectivity index (χ1v) is 3.52. The fourth-order valence-corrected chi connectivity index (χ4v) is 0.204. The molecule has 0 heterocycles. The minimum Gasteiger partial charge on any atom is -1.00 e. The van der Waals surface area contributed by atoms with Gasteiger partial charge in [0.25, 0.3) is 0 Å². The first kappa shape index (κ1) is 74.7. The Hall–Kier alpha value is 5.22. The Morgan fingerprint density at radius 3 is 1.05 bits per heavy atom. The van der Waals surface area contributed by atoms with Gasteiger partial charge in [-0.25, -0.2) is 0 Å². The summed E-state index contributed by atoms with van der Waals surface area (Å²) in [7, 11) is 1.50. The molecule has 0 bridgehead atoms. The molecule has 0 aliphatic rings. The van der Waals surface area contributed by atoms with Crippen molar-refractivity contribution in [3.8, 4) is 0 Å². The molecule has 13 heteroatoms. The molecular formula is C6H24I7N5Pb. The summed E-state index contributed by atoms with van der Waals surface area (Å²) < 4.78 is 0. The molecule has 0 saturated carbocycles. The zero-order valence-corrected chi connectivity index (χ0v) is 30.2. The van der Waals surface area contributed by atoms with E-state index in [9.17, 15) is 0 Å². The van der Waals surface area contributed by atoms with E-state index in [2.05, 4.69) is 24.1 Å². The molecule has 0 unspecified atom stereocenters. The molecule has 0 radical (unpaired) electrons. The van der Waals surface area contributed by atoms with Crippen molar-refractivity contribution >= 4 is 105 Å². The second-order valence-electron chi connectivity index (χ2n) is 1.60. The van der Waals surface area contributed by atoms with Crippen LogP contribution in [0.15, 0.2) is 0 Å². The van der Waals surface area contributed by atoms with Crippen molar-refractivity contribution in [1.82, 2.24) is 0 Å². The van der Waals surface area contributed by atoms with E-state index in [1.54, 1.807) is 0 Å². The summed E-state index contributed by atoms with van der Waals surface area (Å²) >= 11 is 0. The van der Waals surface area contributed by atoms with Crippen molar-refractivity contribution in [1.29, 1.82) is 5.41 Å². The third-order valence-corrected chi connectivity index (χ3v) is 0.558. The first-order chi connectivity index (χ1) is 5.15. The van der Waals surface area contributed by atoms with Crippen molar-refractivity contribution < 1.29 is 95.9 Å². The summed E-state index contributed by atoms with van der Waals surface area (Å²) in [5.41, 5.74) is 18.6. The van der Waals surface area contributed by atoms with Gasteiger partial charge in [-0.15, -0.1) is 71.9 Å². The molecule has 0 aliphatic heterocycles. The molecule has 5 nitrogen and oxygen atoms in total. The van der Waals surface area contributed by atoms with Crippen LogP contribution in [0.1, 0.15) is 19.8 Å². The molecule has 0 aliphatic carbocycles. The van der Waals surface area contributed by atoms with Gasteiger partial charge in [0.2, 0.25) is 0 Å². The maximum Gasteiger partial charge on any atom is 4.00 e. The number of hydrogen-bond donors (Lipinski definition) is 5. The molecular weight excluding hydrogens is 1240 g/mol. The molecule has 0 aromatic rings. The molecule has 19 heavy (non-hydrogen) atoms. The quantitative estimate of drug-likeness (QED) is 0.0817. The average molecular weight is 1260 g/mol. The van der Waals surface area contributed by atoms with Crippen LogP contribution < -0.4 is 119 Å². The fourth-order valence-electron chi connectivity index (χ4n) is 0.204. The predicted molar refractivity (Wildman–Crippen MR) is 102 cm³/mol. The zero-order chi connectivity index (χ0) is 9.70. The van der Waals surface area contributed by atoms with Crippen molar-refractivity contribution in [3.63, 3.8) is 0 Å². The number of nitrogens with one attached hydrogen (secondary N) is 1. The van der Waals surface area contributed by atoms with Crippen LogP contribution in [0.3, 0.4) is 0 Å². The Morgan fingerprint density at radius 1 is 0.895 bits per heavy atom. The van der Waals surface area contributed by atoms with Gasteiger partial charge in [-0.3, -0.25) is 5.41 Å². The fraction of sp³-hybridized carbons (Fsp3) is 0.833. The standard InChI is InChI=1S/C4H11N.CH5N3.CH5N.7HI.Pb/c1-2-3-4-5;2-1(3)4;1-2;;;;;;;;/h2-5H2,1H3;(H5,2,3,4);2H2,1H3;7*1H;/q;;;;;;;;;;+4/p-4. The van der Waals surface area contributed by atoms with E-state index in [0.29, 0.717) is 0 Å². The van der Waals surface area contributed by atoms with Crippen LogP contribution in [-0.2, 0) is 0 Å². The van der Waals surface area contributed by atoms with Gasteiger partial charge in [-0.1, -0.05) is 13.3 Å². The minimum atomic E-state index is -0.333. The summed E-state index contributed by atoms with van der Waals surface area (Å²) in [6.07, 6.45) is 2.39. The van der Waals surface area contributed by atoms with Gasteiger partial charge in [-0.05, 0) is 20.0 Å². The Balaban J connectivity index is -0.00000000484. The van der Waals surface area contributed by atoms with Crippen LogP contribution in [0, 0.1) is 5.41 Å². The number of halogens is 7. The van der Waals surface area contributed by atoms with E-state index in [1.165, 1.54) is 19.9 Å². The molecule has 0 spiro atoms. The summed E-state index contributed by atoms with van der Waals surface area (Å²) in [6.45, 7) is 2.98. The monoisotopic (exact) mass is 1260 g/mol. The van der Waals surface area contributed by atoms with Crippen LogP contribution in [0.5, 0.6) is 0 Å². The predicted octanol–water partition coefficient (Wildman–Crippen LogP) is -11.4. The Morgan fingerprint density at radius 2 is 1.05 bits per heavy atom. The maximum atomic E-state index is 6.06. The van der Waals surface area contributed by atoms with Gasteiger partial charge < -0.3 is 119 Å². The van der Waals surface area contributed by atoms with Gasteiger partial charge in [0.1, 0.15) is 0 Å². The normalized spacial score (nSPS) is 3.79. The number of guanidine groups is 1. The van der Waals surface area contributed by atoms with E-state index in [0.717, 1.165) is 6.54 Å². The van der Waals surface area contributed by atoms with Crippen molar-refractivity contribution in [2.45, 2.75) is 19.8 Å². The summed E-state index contributed by atoms with van der Waals surface area (Å²) in [4.78, 5) is 0. The van der Waals surface area contributed by atoms with E-state index in [4.69, 9.17) is 11.1 Å². The molecule has 0 fully saturated rings. The van der Waals surface area contributed by atoms with E-state index < -0.39 is 0 Å². The molecule has 0 aromatic heterocycles. The largest absolute Gasteiger partial charge is 4.00 e. The SMILES string of the molecule is CCCCN.CN.I.I.I.N=C(N)N.[I-].[I-].[I-].[I-].[Pb+4]. The second-order valence-corrected chi connectivity index (χ2v) is 1.60. The van der Waals surface area contributed by atoms with Crippen LogP contribution in [-0.4, -0.2) is 46.9 Å². The van der Waals surface area contributed by atoms with Gasteiger partial charge in [0.05, 0.1) is 0 Å². The number of nitrogens with two attached hydrogens (primary N) is 4. The molecule has 0 atom stereocenters. The summed E-state index contributed by atoms with van der Waals surface area (Å²) in [5.74, 6) is -0.333. The first-order valence-electron chi connectivity index (χ1n) is 3.52. The topological polar surface area (TPSA) is 128 Å². The van der Waals surface area contributed by atoms with Crippen LogP contribution in [0.25, 0.3) is 0 Å². The molecule has 0 aromatic carbocycles. The summed E-state index contributed by atoms with van der Waals surface area (Å²) in [5, 5.41) is 6.06. The number of hydrogen-bond acceptors (Lipinski definition) is 3. The summed E-state index contributed by atoms with van der Waals surface area (Å²) in [6, 6.07) is 0. The molecule has 0 rings (SSSR count). The van der Waals surface area contributed by atoms with Gasteiger partial charge >= 0.3 is 27.3 Å². The Kier molecular flexibility index (Phi) is 358. The van der Waals surface area contributed by atoms with Crippen molar-refractivity contribution in [2.24, 2.45) is 22.9 Å². The third kappa shape index (κ3) is 201. The van der Waals surface area contributed by atoms with Crippen molar-refractivity contribution in [2.75, 3.05) is 13.6 Å². The molecule has 0 amide bonds. The van der Waals surface area contributed by atoms with E-state index in [-0.39, 0.29) is 201 Å². The molecule has 126 valence electrons. The molecule has 0 saturated heterocycles. The minimum absolute atomic E-state index is 0. The Labute approximate surface area is 257 Å². The smallest absolute Gasteiger partial charge is 1.00 e. The van der Waals surface area contributed by atoms with Gasteiger partial charge in [0, 0.05) is 0 Å². The average Bonchev–Trinajstić information content (AvgIpc) is 1.93.